The van der Waals surface area contributed by atoms with Gasteiger partial charge >= 0.3 is 0 Å². The van der Waals surface area contributed by atoms with Crippen LogP contribution in [-0.2, 0) is 16.0 Å². The van der Waals surface area contributed by atoms with Crippen LogP contribution in [0.25, 0.3) is 11.1 Å². The highest BCUT2D eigenvalue weighted by atomic mass is 19.1. The molecule has 2 aromatic rings. The van der Waals surface area contributed by atoms with Crippen molar-refractivity contribution in [1.29, 1.82) is 0 Å². The fourth-order valence-corrected chi connectivity index (χ4v) is 2.99. The Morgan fingerprint density at radius 1 is 1.11 bits per heavy atom. The maximum atomic E-state index is 13.0. The van der Waals surface area contributed by atoms with Crippen LogP contribution in [0.15, 0.2) is 48.5 Å². The molecule has 1 heterocycles. The van der Waals surface area contributed by atoms with Crippen LogP contribution in [0.5, 0.6) is 0 Å². The van der Waals surface area contributed by atoms with Crippen molar-refractivity contribution >= 4 is 12.3 Å². The lowest BCUT2D eigenvalue weighted by Crippen LogP contribution is -2.43. The van der Waals surface area contributed by atoms with Gasteiger partial charge in [0.15, 0.2) is 0 Å². The van der Waals surface area contributed by atoms with E-state index >= 15 is 0 Å². The SMILES string of the molecule is CNC=O.N[C@@H](Cc1ccc(-c2ccc(F)cc2)cc1)C(=O)N1CCCC1. The highest BCUT2D eigenvalue weighted by Crippen LogP contribution is 2.20. The molecule has 144 valence electrons. The van der Waals surface area contributed by atoms with Gasteiger partial charge in [0.05, 0.1) is 6.04 Å². The third-order valence-electron chi connectivity index (χ3n) is 4.44. The molecule has 0 aliphatic carbocycles. The van der Waals surface area contributed by atoms with Crippen molar-refractivity contribution in [3.8, 4) is 11.1 Å². The second-order valence-electron chi connectivity index (χ2n) is 6.45. The molecule has 1 fully saturated rings. The van der Waals surface area contributed by atoms with Crippen molar-refractivity contribution < 1.29 is 14.0 Å². The van der Waals surface area contributed by atoms with Gasteiger partial charge in [-0.1, -0.05) is 36.4 Å². The van der Waals surface area contributed by atoms with E-state index < -0.39 is 6.04 Å². The Hall–Kier alpha value is -2.73. The minimum atomic E-state index is -0.482. The van der Waals surface area contributed by atoms with Gasteiger partial charge in [-0.15, -0.1) is 0 Å². The van der Waals surface area contributed by atoms with E-state index in [0.29, 0.717) is 12.8 Å². The van der Waals surface area contributed by atoms with Crippen LogP contribution < -0.4 is 11.1 Å². The molecule has 0 saturated carbocycles. The van der Waals surface area contributed by atoms with Crippen molar-refractivity contribution in [2.75, 3.05) is 20.1 Å². The van der Waals surface area contributed by atoms with Crippen LogP contribution in [-0.4, -0.2) is 43.4 Å². The third-order valence-corrected chi connectivity index (χ3v) is 4.44. The van der Waals surface area contributed by atoms with Crippen LogP contribution in [0.1, 0.15) is 18.4 Å². The predicted octanol–water partition coefficient (Wildman–Crippen LogP) is 2.35. The minimum absolute atomic E-state index is 0.0464. The summed E-state index contributed by atoms with van der Waals surface area (Å²) in [6.07, 6.45) is 3.31. The first kappa shape index (κ1) is 20.6. The normalized spacial score (nSPS) is 14.1. The summed E-state index contributed by atoms with van der Waals surface area (Å²) in [6, 6.07) is 13.9. The van der Waals surface area contributed by atoms with Crippen molar-refractivity contribution in [2.45, 2.75) is 25.3 Å². The first-order chi connectivity index (χ1) is 13.0. The maximum absolute atomic E-state index is 13.0. The summed E-state index contributed by atoms with van der Waals surface area (Å²) in [5.41, 5.74) is 9.09. The molecule has 1 saturated heterocycles. The molecule has 5 nitrogen and oxygen atoms in total. The largest absolute Gasteiger partial charge is 0.362 e. The van der Waals surface area contributed by atoms with Gasteiger partial charge in [-0.2, -0.15) is 0 Å². The standard InChI is InChI=1S/C19H21FN2O.C2H5NO/c20-17-9-7-16(8-10-17)15-5-3-14(4-6-15)13-18(21)19(23)22-11-1-2-12-22;1-3-2-4/h3-10,18H,1-2,11-13,21H2;2H,1H3,(H,3,4)/t18-;/m0./s1. The van der Waals surface area contributed by atoms with E-state index in [1.807, 2.05) is 29.2 Å². The van der Waals surface area contributed by atoms with Gasteiger partial charge in [0.25, 0.3) is 0 Å². The minimum Gasteiger partial charge on any atom is -0.362 e. The van der Waals surface area contributed by atoms with Crippen LogP contribution >= 0.6 is 0 Å². The lowest BCUT2D eigenvalue weighted by atomic mass is 10.0. The summed E-state index contributed by atoms with van der Waals surface area (Å²) in [7, 11) is 1.56. The van der Waals surface area contributed by atoms with Gasteiger partial charge in [0, 0.05) is 20.1 Å². The molecule has 2 amide bonds. The molecule has 0 radical (unpaired) electrons. The highest BCUT2D eigenvalue weighted by Gasteiger charge is 2.23. The van der Waals surface area contributed by atoms with Crippen molar-refractivity contribution in [1.82, 2.24) is 10.2 Å². The summed E-state index contributed by atoms with van der Waals surface area (Å²) in [6.45, 7) is 1.66. The number of nitrogens with zero attached hydrogens (tertiary/aromatic N) is 1. The number of halogens is 1. The molecule has 0 aromatic heterocycles. The van der Waals surface area contributed by atoms with Gasteiger partial charge < -0.3 is 16.0 Å². The third kappa shape index (κ3) is 6.18. The first-order valence-corrected chi connectivity index (χ1v) is 9.05. The number of hydrogen-bond donors (Lipinski definition) is 2. The van der Waals surface area contributed by atoms with Crippen molar-refractivity contribution in [2.24, 2.45) is 5.73 Å². The second-order valence-corrected chi connectivity index (χ2v) is 6.45. The summed E-state index contributed by atoms with van der Waals surface area (Å²) < 4.78 is 13.0. The Morgan fingerprint density at radius 3 is 2.07 bits per heavy atom. The molecular weight excluding hydrogens is 345 g/mol. The molecule has 1 aliphatic rings. The second kappa shape index (κ2) is 10.4. The average Bonchev–Trinajstić information content (AvgIpc) is 3.23. The number of likely N-dealkylation sites (tertiary alicyclic amines) is 1. The molecule has 3 N–H and O–H groups in total. The number of nitrogens with one attached hydrogen (secondary N) is 1. The zero-order valence-corrected chi connectivity index (χ0v) is 15.5. The molecular formula is C21H26FN3O2. The lowest BCUT2D eigenvalue weighted by Gasteiger charge is -2.20. The lowest BCUT2D eigenvalue weighted by molar-refractivity contribution is -0.131. The first-order valence-electron chi connectivity index (χ1n) is 9.05. The Kier molecular flexibility index (Phi) is 7.95. The molecule has 1 atom stereocenters. The van der Waals surface area contributed by atoms with E-state index in [2.05, 4.69) is 5.32 Å². The van der Waals surface area contributed by atoms with Crippen molar-refractivity contribution in [3.63, 3.8) is 0 Å². The molecule has 1 aliphatic heterocycles. The topological polar surface area (TPSA) is 75.4 Å². The fourth-order valence-electron chi connectivity index (χ4n) is 2.99. The average molecular weight is 371 g/mol. The number of benzene rings is 2. The van der Waals surface area contributed by atoms with E-state index in [1.54, 1.807) is 19.2 Å². The Morgan fingerprint density at radius 2 is 1.59 bits per heavy atom. The number of amides is 2. The zero-order chi connectivity index (χ0) is 19.6. The molecule has 0 bridgehead atoms. The zero-order valence-electron chi connectivity index (χ0n) is 15.5. The quantitative estimate of drug-likeness (QED) is 0.792. The number of hydrogen-bond acceptors (Lipinski definition) is 3. The predicted molar refractivity (Wildman–Crippen MR) is 104 cm³/mol. The van der Waals surface area contributed by atoms with Gasteiger partial charge in [-0.05, 0) is 48.1 Å². The van der Waals surface area contributed by atoms with Crippen molar-refractivity contribution in [3.05, 3.63) is 59.9 Å². The summed E-state index contributed by atoms with van der Waals surface area (Å²) >= 11 is 0. The smallest absolute Gasteiger partial charge is 0.239 e. The van der Waals surface area contributed by atoms with Gasteiger partial charge in [0.2, 0.25) is 12.3 Å². The van der Waals surface area contributed by atoms with Crippen LogP contribution in [0, 0.1) is 5.82 Å². The molecule has 2 aromatic carbocycles. The van der Waals surface area contributed by atoms with Gasteiger partial charge in [-0.25, -0.2) is 4.39 Å². The van der Waals surface area contributed by atoms with E-state index in [0.717, 1.165) is 42.6 Å². The molecule has 27 heavy (non-hydrogen) atoms. The molecule has 3 rings (SSSR count). The number of nitrogens with two attached hydrogens (primary N) is 1. The number of rotatable bonds is 5. The summed E-state index contributed by atoms with van der Waals surface area (Å²) in [5, 5.41) is 2.25. The molecule has 0 spiro atoms. The van der Waals surface area contributed by atoms with E-state index in [-0.39, 0.29) is 11.7 Å². The molecule has 0 unspecified atom stereocenters. The maximum Gasteiger partial charge on any atom is 0.239 e. The molecule has 6 heteroatoms. The Balaban J connectivity index is 0.000000596. The fraction of sp³-hybridized carbons (Fsp3) is 0.333. The van der Waals surface area contributed by atoms with E-state index in [1.165, 1.54) is 12.1 Å². The summed E-state index contributed by atoms with van der Waals surface area (Å²) in [5.74, 6) is -0.193. The number of carbonyl (C=O) groups excluding carboxylic acids is 2. The van der Waals surface area contributed by atoms with E-state index in [4.69, 9.17) is 10.5 Å². The Labute approximate surface area is 159 Å². The summed E-state index contributed by atoms with van der Waals surface area (Å²) in [4.78, 5) is 23.2. The van der Waals surface area contributed by atoms with Crippen LogP contribution in [0.2, 0.25) is 0 Å². The Bertz CT molecular complexity index is 726. The van der Waals surface area contributed by atoms with Crippen LogP contribution in [0.3, 0.4) is 0 Å². The highest BCUT2D eigenvalue weighted by molar-refractivity contribution is 5.82. The monoisotopic (exact) mass is 371 g/mol. The van der Waals surface area contributed by atoms with Gasteiger partial charge in [0.1, 0.15) is 5.82 Å². The van der Waals surface area contributed by atoms with Crippen LogP contribution in [0.4, 0.5) is 4.39 Å². The number of carbonyl (C=O) groups is 2. The van der Waals surface area contributed by atoms with Gasteiger partial charge in [-0.3, -0.25) is 9.59 Å². The van der Waals surface area contributed by atoms with E-state index in [9.17, 15) is 9.18 Å².